The summed E-state index contributed by atoms with van der Waals surface area (Å²) in [5, 5.41) is 21.6. The van der Waals surface area contributed by atoms with Gasteiger partial charge in [-0.15, -0.1) is 0 Å². The predicted octanol–water partition coefficient (Wildman–Crippen LogP) is 4.00. The van der Waals surface area contributed by atoms with Crippen LogP contribution in [0.1, 0.15) is 37.9 Å². The lowest BCUT2D eigenvalue weighted by molar-refractivity contribution is -0.138. The molecule has 0 fully saturated rings. The lowest BCUT2D eigenvalue weighted by Gasteiger charge is -2.19. The van der Waals surface area contributed by atoms with E-state index < -0.39 is 12.0 Å². The zero-order valence-corrected chi connectivity index (χ0v) is 16.8. The molecule has 0 aliphatic rings. The molecule has 29 heavy (non-hydrogen) atoms. The van der Waals surface area contributed by atoms with E-state index in [1.165, 1.54) is 0 Å². The molecule has 7 heteroatoms. The Kier molecular flexibility index (Phi) is 8.31. The van der Waals surface area contributed by atoms with Crippen LogP contribution in [0.15, 0.2) is 42.5 Å². The number of aliphatic carboxylic acids is 1. The number of nitrogens with zero attached hydrogens (tertiary/aromatic N) is 1. The quantitative estimate of drug-likeness (QED) is 0.552. The van der Waals surface area contributed by atoms with Gasteiger partial charge in [0, 0.05) is 11.8 Å². The van der Waals surface area contributed by atoms with Crippen LogP contribution in [-0.2, 0) is 9.53 Å². The number of benzene rings is 2. The molecule has 0 aromatic heterocycles. The highest BCUT2D eigenvalue weighted by Gasteiger charge is 2.21. The van der Waals surface area contributed by atoms with E-state index in [9.17, 15) is 9.90 Å². The molecule has 2 aromatic carbocycles. The van der Waals surface area contributed by atoms with E-state index in [1.54, 1.807) is 42.5 Å². The fourth-order valence-electron chi connectivity index (χ4n) is 2.63. The second kappa shape index (κ2) is 10.9. The number of nitriles is 1. The zero-order chi connectivity index (χ0) is 21.2. The van der Waals surface area contributed by atoms with Crippen molar-refractivity contribution in [2.24, 2.45) is 0 Å². The van der Waals surface area contributed by atoms with Gasteiger partial charge < -0.3 is 24.6 Å². The van der Waals surface area contributed by atoms with Gasteiger partial charge in [0.1, 0.15) is 18.1 Å². The van der Waals surface area contributed by atoms with Gasteiger partial charge in [-0.05, 0) is 62.7 Å². The summed E-state index contributed by atoms with van der Waals surface area (Å²) in [5.41, 5.74) is 1.58. The zero-order valence-electron chi connectivity index (χ0n) is 16.8. The number of carbonyl (C=O) groups is 1. The van der Waals surface area contributed by atoms with Gasteiger partial charge in [-0.3, -0.25) is 0 Å². The highest BCUT2D eigenvalue weighted by atomic mass is 16.5. The summed E-state index contributed by atoms with van der Waals surface area (Å²) in [5.74, 6) is -0.0130. The van der Waals surface area contributed by atoms with Gasteiger partial charge in [-0.1, -0.05) is 0 Å². The van der Waals surface area contributed by atoms with Gasteiger partial charge in [0.05, 0.1) is 31.0 Å². The lowest BCUT2D eigenvalue weighted by Crippen LogP contribution is -2.21. The Hall–Kier alpha value is -3.24. The van der Waals surface area contributed by atoms with Crippen molar-refractivity contribution in [2.75, 3.05) is 25.1 Å². The maximum atomic E-state index is 11.9. The number of hydrogen-bond acceptors (Lipinski definition) is 6. The monoisotopic (exact) mass is 398 g/mol. The fourth-order valence-corrected chi connectivity index (χ4v) is 2.63. The van der Waals surface area contributed by atoms with Crippen LogP contribution in [0.25, 0.3) is 0 Å². The Balaban J connectivity index is 2.23. The van der Waals surface area contributed by atoms with E-state index in [0.717, 1.165) is 0 Å². The molecule has 154 valence electrons. The van der Waals surface area contributed by atoms with Crippen molar-refractivity contribution < 1.29 is 24.1 Å². The third-order valence-electron chi connectivity index (χ3n) is 3.92. The molecule has 0 radical (unpaired) electrons. The Labute approximate surface area is 170 Å². The molecule has 0 aliphatic carbocycles. The van der Waals surface area contributed by atoms with Gasteiger partial charge in [0.15, 0.2) is 6.04 Å². The van der Waals surface area contributed by atoms with E-state index in [4.69, 9.17) is 19.5 Å². The summed E-state index contributed by atoms with van der Waals surface area (Å²) in [6.45, 7) is 6.96. The first kappa shape index (κ1) is 22.1. The van der Waals surface area contributed by atoms with Gasteiger partial charge in [-0.25, -0.2) is 4.79 Å². The first-order valence-corrected chi connectivity index (χ1v) is 9.44. The molecule has 0 aliphatic heterocycles. The number of carboxylic acid groups (broad SMARTS) is 1. The Morgan fingerprint density at radius 3 is 2.31 bits per heavy atom. The average molecular weight is 398 g/mol. The molecular weight excluding hydrogens is 372 g/mol. The van der Waals surface area contributed by atoms with Crippen molar-refractivity contribution in [1.29, 1.82) is 5.26 Å². The standard InChI is InChI=1S/C22H26N2O5/c1-4-27-19-11-17(12-20(13-19)29-10-9-28-15(2)3)21(22(25)26)24-18-7-5-16(14-23)6-8-18/h5-8,11-13,15,21,24H,4,9-10H2,1-3H3,(H,25,26)/t21-/m1/s1. The number of anilines is 1. The number of nitrogens with one attached hydrogen (secondary N) is 1. The van der Waals surface area contributed by atoms with Gasteiger partial charge in [0.25, 0.3) is 0 Å². The van der Waals surface area contributed by atoms with Crippen LogP contribution in [0.5, 0.6) is 11.5 Å². The normalized spacial score (nSPS) is 11.6. The highest BCUT2D eigenvalue weighted by Crippen LogP contribution is 2.29. The molecule has 0 saturated carbocycles. The molecule has 2 aromatic rings. The molecule has 0 bridgehead atoms. The van der Waals surface area contributed by atoms with Crippen LogP contribution in [0.2, 0.25) is 0 Å². The van der Waals surface area contributed by atoms with E-state index in [-0.39, 0.29) is 6.10 Å². The largest absolute Gasteiger partial charge is 0.494 e. The van der Waals surface area contributed by atoms with Gasteiger partial charge in [-0.2, -0.15) is 5.26 Å². The summed E-state index contributed by atoms with van der Waals surface area (Å²) in [6, 6.07) is 12.7. The van der Waals surface area contributed by atoms with Crippen LogP contribution in [0.3, 0.4) is 0 Å². The van der Waals surface area contributed by atoms with Crippen molar-refractivity contribution >= 4 is 11.7 Å². The van der Waals surface area contributed by atoms with Crippen molar-refractivity contribution in [2.45, 2.75) is 32.9 Å². The summed E-state index contributed by atoms with van der Waals surface area (Å²) >= 11 is 0. The first-order valence-electron chi connectivity index (χ1n) is 9.44. The van der Waals surface area contributed by atoms with Crippen molar-refractivity contribution in [1.82, 2.24) is 0 Å². The molecule has 0 heterocycles. The molecule has 0 unspecified atom stereocenters. The average Bonchev–Trinajstić information content (AvgIpc) is 2.69. The molecular formula is C22H26N2O5. The topological polar surface area (TPSA) is 101 Å². The minimum atomic E-state index is -1.04. The Morgan fingerprint density at radius 1 is 1.10 bits per heavy atom. The van der Waals surface area contributed by atoms with Gasteiger partial charge in [0.2, 0.25) is 0 Å². The molecule has 0 spiro atoms. The number of carboxylic acids is 1. The van der Waals surface area contributed by atoms with E-state index >= 15 is 0 Å². The van der Waals surface area contributed by atoms with E-state index in [2.05, 4.69) is 5.32 Å². The maximum absolute atomic E-state index is 11.9. The smallest absolute Gasteiger partial charge is 0.330 e. The third-order valence-corrected chi connectivity index (χ3v) is 3.92. The summed E-state index contributed by atoms with van der Waals surface area (Å²) < 4.78 is 16.8. The molecule has 1 atom stereocenters. The number of ether oxygens (including phenoxy) is 3. The summed E-state index contributed by atoms with van der Waals surface area (Å²) in [6.07, 6.45) is 0.108. The summed E-state index contributed by atoms with van der Waals surface area (Å²) in [4.78, 5) is 11.9. The number of rotatable bonds is 11. The molecule has 2 N–H and O–H groups in total. The number of hydrogen-bond donors (Lipinski definition) is 2. The van der Waals surface area contributed by atoms with Crippen molar-refractivity contribution in [3.8, 4) is 17.6 Å². The predicted molar refractivity (Wildman–Crippen MR) is 109 cm³/mol. The SMILES string of the molecule is CCOc1cc(OCCOC(C)C)cc([C@@H](Nc2ccc(C#N)cc2)C(=O)O)c1. The van der Waals surface area contributed by atoms with Crippen LogP contribution >= 0.6 is 0 Å². The molecule has 0 amide bonds. The first-order chi connectivity index (χ1) is 13.9. The second-order valence-corrected chi connectivity index (χ2v) is 6.54. The molecule has 0 saturated heterocycles. The molecule has 7 nitrogen and oxygen atoms in total. The van der Waals surface area contributed by atoms with E-state index in [1.807, 2.05) is 26.8 Å². The minimum absolute atomic E-state index is 0.108. The maximum Gasteiger partial charge on any atom is 0.330 e. The van der Waals surface area contributed by atoms with E-state index in [0.29, 0.717) is 48.1 Å². The second-order valence-electron chi connectivity index (χ2n) is 6.54. The van der Waals surface area contributed by atoms with Crippen LogP contribution in [0, 0.1) is 11.3 Å². The minimum Gasteiger partial charge on any atom is -0.494 e. The van der Waals surface area contributed by atoms with Crippen molar-refractivity contribution in [3.63, 3.8) is 0 Å². The van der Waals surface area contributed by atoms with Crippen LogP contribution in [-0.4, -0.2) is 37.0 Å². The molecule has 2 rings (SSSR count). The highest BCUT2D eigenvalue weighted by molar-refractivity contribution is 5.79. The van der Waals surface area contributed by atoms with Crippen LogP contribution < -0.4 is 14.8 Å². The third kappa shape index (κ3) is 7.01. The summed E-state index contributed by atoms with van der Waals surface area (Å²) in [7, 11) is 0. The Bertz CT molecular complexity index is 843. The lowest BCUT2D eigenvalue weighted by atomic mass is 10.1. The van der Waals surface area contributed by atoms with Crippen LogP contribution in [0.4, 0.5) is 5.69 Å². The Morgan fingerprint density at radius 2 is 1.76 bits per heavy atom. The fraction of sp³-hybridized carbons (Fsp3) is 0.364. The van der Waals surface area contributed by atoms with Crippen molar-refractivity contribution in [3.05, 3.63) is 53.6 Å². The van der Waals surface area contributed by atoms with Gasteiger partial charge >= 0.3 is 5.97 Å².